The molecule has 2 aromatic rings. The van der Waals surface area contributed by atoms with E-state index in [1.165, 1.54) is 19.2 Å². The normalized spacial score (nSPS) is 17.3. The van der Waals surface area contributed by atoms with E-state index in [0.717, 1.165) is 5.56 Å². The summed E-state index contributed by atoms with van der Waals surface area (Å²) in [6, 6.07) is 15.5. The van der Waals surface area contributed by atoms with Gasteiger partial charge in [0.25, 0.3) is 0 Å². The highest BCUT2D eigenvalue weighted by atomic mass is 32.2. The molecule has 0 fully saturated rings. The lowest BCUT2D eigenvalue weighted by molar-refractivity contribution is -0.132. The number of nitrogens with zero attached hydrogens (tertiary/aromatic N) is 2. The fourth-order valence-corrected chi connectivity index (χ4v) is 3.23. The van der Waals surface area contributed by atoms with Crippen molar-refractivity contribution in [2.75, 3.05) is 12.1 Å². The molecule has 0 saturated carbocycles. The van der Waals surface area contributed by atoms with Gasteiger partial charge in [0, 0.05) is 6.42 Å². The van der Waals surface area contributed by atoms with Crippen molar-refractivity contribution in [3.8, 4) is 0 Å². The number of benzene rings is 2. The molecule has 3 rings (SSSR count). The number of carbonyl (C=O) groups excluding carboxylic acids is 1. The van der Waals surface area contributed by atoms with Crippen LogP contribution in [0.1, 0.15) is 18.0 Å². The average molecular weight is 359 g/mol. The Bertz CT molecular complexity index is 909. The van der Waals surface area contributed by atoms with E-state index in [-0.39, 0.29) is 10.9 Å². The van der Waals surface area contributed by atoms with E-state index in [9.17, 15) is 13.2 Å². The molecule has 1 atom stereocenters. The van der Waals surface area contributed by atoms with Crippen molar-refractivity contribution in [2.45, 2.75) is 17.4 Å². The molecule has 8 heteroatoms. The molecule has 0 amide bonds. The molecule has 0 bridgehead atoms. The van der Waals surface area contributed by atoms with E-state index in [2.05, 4.69) is 5.10 Å². The van der Waals surface area contributed by atoms with Crippen LogP contribution in [-0.4, -0.2) is 27.2 Å². The van der Waals surface area contributed by atoms with Gasteiger partial charge in [0.15, 0.2) is 0 Å². The topological polar surface area (TPSA) is 102 Å². The first-order valence-electron chi connectivity index (χ1n) is 7.53. The molecule has 1 unspecified atom stereocenters. The second kappa shape index (κ2) is 6.66. The minimum Gasteiger partial charge on any atom is -0.464 e. The van der Waals surface area contributed by atoms with E-state index in [1.807, 2.05) is 30.3 Å². The van der Waals surface area contributed by atoms with Gasteiger partial charge >= 0.3 is 5.97 Å². The lowest BCUT2D eigenvalue weighted by atomic mass is 10.0. The third-order valence-electron chi connectivity index (χ3n) is 3.95. The Labute approximate surface area is 145 Å². The molecule has 0 spiro atoms. The second-order valence-electron chi connectivity index (χ2n) is 5.55. The molecular weight excluding hydrogens is 342 g/mol. The number of carbonyl (C=O) groups is 1. The predicted octanol–water partition coefficient (Wildman–Crippen LogP) is 1.81. The highest BCUT2D eigenvalue weighted by Crippen LogP contribution is 2.35. The van der Waals surface area contributed by atoms with Gasteiger partial charge in [-0.25, -0.2) is 18.4 Å². The maximum Gasteiger partial charge on any atom is 0.354 e. The molecular formula is C17H17N3O4S. The summed E-state index contributed by atoms with van der Waals surface area (Å²) < 4.78 is 27.6. The zero-order valence-corrected chi connectivity index (χ0v) is 14.3. The molecule has 1 aliphatic rings. The van der Waals surface area contributed by atoms with Crippen molar-refractivity contribution in [3.63, 3.8) is 0 Å². The van der Waals surface area contributed by atoms with Crippen LogP contribution in [0.2, 0.25) is 0 Å². The number of methoxy groups -OCH3 is 1. The summed E-state index contributed by atoms with van der Waals surface area (Å²) in [6.45, 7) is 0. The molecule has 2 aromatic carbocycles. The number of hydrazone groups is 1. The highest BCUT2D eigenvalue weighted by Gasteiger charge is 2.32. The van der Waals surface area contributed by atoms with Crippen molar-refractivity contribution < 1.29 is 17.9 Å². The summed E-state index contributed by atoms with van der Waals surface area (Å²) in [4.78, 5) is 11.9. The minimum atomic E-state index is -3.77. The Balaban J connectivity index is 1.99. The smallest absolute Gasteiger partial charge is 0.354 e. The van der Waals surface area contributed by atoms with E-state index in [4.69, 9.17) is 9.88 Å². The Morgan fingerprint density at radius 2 is 1.80 bits per heavy atom. The first kappa shape index (κ1) is 17.1. The van der Waals surface area contributed by atoms with Crippen molar-refractivity contribution in [2.24, 2.45) is 10.2 Å². The monoisotopic (exact) mass is 359 g/mol. The second-order valence-corrected chi connectivity index (χ2v) is 7.11. The zero-order valence-electron chi connectivity index (χ0n) is 13.5. The van der Waals surface area contributed by atoms with Gasteiger partial charge in [0.1, 0.15) is 5.71 Å². The standard InChI is InChI=1S/C17H17N3O4S/c1-24-17(21)15-11-16(12-5-3-2-4-6-12)20(19-15)13-7-9-14(10-8-13)25(18,22)23/h2-10,16H,11H2,1H3,(H2,18,22,23). The molecule has 0 radical (unpaired) electrons. The first-order valence-corrected chi connectivity index (χ1v) is 9.07. The average Bonchev–Trinajstić information content (AvgIpc) is 3.06. The van der Waals surface area contributed by atoms with E-state index in [0.29, 0.717) is 17.8 Å². The number of ether oxygens (including phenoxy) is 1. The Hall–Kier alpha value is -2.71. The Kier molecular flexibility index (Phi) is 4.56. The maximum atomic E-state index is 11.9. The van der Waals surface area contributed by atoms with Gasteiger partial charge in [-0.1, -0.05) is 30.3 Å². The molecule has 25 heavy (non-hydrogen) atoms. The molecule has 2 N–H and O–H groups in total. The fraction of sp³-hybridized carbons (Fsp3) is 0.176. The lowest BCUT2D eigenvalue weighted by Gasteiger charge is -2.24. The van der Waals surface area contributed by atoms with Crippen LogP contribution in [0.4, 0.5) is 5.69 Å². The number of sulfonamides is 1. The minimum absolute atomic E-state index is 0.0175. The van der Waals surface area contributed by atoms with Gasteiger partial charge in [-0.3, -0.25) is 5.01 Å². The molecule has 7 nitrogen and oxygen atoms in total. The number of hydrogen-bond donors (Lipinski definition) is 1. The van der Waals surface area contributed by atoms with Gasteiger partial charge in [-0.05, 0) is 29.8 Å². The van der Waals surface area contributed by atoms with Crippen molar-refractivity contribution in [3.05, 3.63) is 60.2 Å². The van der Waals surface area contributed by atoms with Gasteiger partial charge in [-0.15, -0.1) is 0 Å². The largest absolute Gasteiger partial charge is 0.464 e. The molecule has 1 aliphatic heterocycles. The summed E-state index contributed by atoms with van der Waals surface area (Å²) >= 11 is 0. The SMILES string of the molecule is COC(=O)C1=NN(c2ccc(S(N)(=O)=O)cc2)C(c2ccccc2)C1. The Morgan fingerprint density at radius 1 is 1.16 bits per heavy atom. The third kappa shape index (κ3) is 3.54. The van der Waals surface area contributed by atoms with Crippen LogP contribution >= 0.6 is 0 Å². The number of esters is 1. The van der Waals surface area contributed by atoms with Crippen LogP contribution in [0.5, 0.6) is 0 Å². The van der Waals surface area contributed by atoms with Gasteiger partial charge in [0.05, 0.1) is 23.7 Å². The summed E-state index contributed by atoms with van der Waals surface area (Å²) in [5.41, 5.74) is 1.95. The molecule has 0 saturated heterocycles. The lowest BCUT2D eigenvalue weighted by Crippen LogP contribution is -2.19. The Morgan fingerprint density at radius 3 is 2.36 bits per heavy atom. The number of nitrogens with two attached hydrogens (primary N) is 1. The van der Waals surface area contributed by atoms with Crippen LogP contribution in [0, 0.1) is 0 Å². The summed E-state index contributed by atoms with van der Waals surface area (Å²) in [6.07, 6.45) is 0.396. The first-order chi connectivity index (χ1) is 11.9. The number of hydrogen-bond acceptors (Lipinski definition) is 6. The number of rotatable bonds is 4. The van der Waals surface area contributed by atoms with Crippen molar-refractivity contribution in [1.82, 2.24) is 0 Å². The fourth-order valence-electron chi connectivity index (χ4n) is 2.71. The molecule has 0 aromatic heterocycles. The van der Waals surface area contributed by atoms with E-state index >= 15 is 0 Å². The summed E-state index contributed by atoms with van der Waals surface area (Å²) in [5, 5.41) is 11.2. The van der Waals surface area contributed by atoms with Crippen LogP contribution in [-0.2, 0) is 19.6 Å². The van der Waals surface area contributed by atoms with E-state index in [1.54, 1.807) is 17.1 Å². The summed E-state index contributed by atoms with van der Waals surface area (Å²) in [7, 11) is -2.45. The predicted molar refractivity (Wildman–Crippen MR) is 93.5 cm³/mol. The van der Waals surface area contributed by atoms with E-state index < -0.39 is 16.0 Å². The maximum absolute atomic E-state index is 11.9. The van der Waals surface area contributed by atoms with Crippen LogP contribution < -0.4 is 10.1 Å². The van der Waals surface area contributed by atoms with Gasteiger partial charge in [0.2, 0.25) is 10.0 Å². The molecule has 0 aliphatic carbocycles. The third-order valence-corrected chi connectivity index (χ3v) is 4.87. The zero-order chi connectivity index (χ0) is 18.0. The summed E-state index contributed by atoms with van der Waals surface area (Å²) in [5.74, 6) is -0.482. The van der Waals surface area contributed by atoms with Gasteiger partial charge < -0.3 is 4.74 Å². The highest BCUT2D eigenvalue weighted by molar-refractivity contribution is 7.89. The van der Waals surface area contributed by atoms with Gasteiger partial charge in [-0.2, -0.15) is 5.10 Å². The molecule has 1 heterocycles. The quantitative estimate of drug-likeness (QED) is 0.839. The van der Waals surface area contributed by atoms with Crippen LogP contribution in [0.3, 0.4) is 0 Å². The van der Waals surface area contributed by atoms with Crippen molar-refractivity contribution in [1.29, 1.82) is 0 Å². The number of primary sulfonamides is 1. The number of anilines is 1. The van der Waals surface area contributed by atoms with Crippen LogP contribution in [0.25, 0.3) is 0 Å². The van der Waals surface area contributed by atoms with Crippen molar-refractivity contribution >= 4 is 27.4 Å². The molecule has 130 valence electrons. The van der Waals surface area contributed by atoms with Crippen LogP contribution in [0.15, 0.2) is 64.6 Å².